The summed E-state index contributed by atoms with van der Waals surface area (Å²) < 4.78 is 0. The third kappa shape index (κ3) is 2.91. The average molecular weight is 246 g/mol. The second-order valence-electron chi connectivity index (χ2n) is 5.07. The van der Waals surface area contributed by atoms with Crippen LogP contribution in [0.1, 0.15) is 35.2 Å². The number of hydrogen-bond donors (Lipinski definition) is 1. The smallest absolute Gasteiger partial charge is 0.254 e. The molecule has 98 valence electrons. The van der Waals surface area contributed by atoms with Crippen LogP contribution in [0.5, 0.6) is 0 Å². The van der Waals surface area contributed by atoms with Gasteiger partial charge < -0.3 is 10.2 Å². The van der Waals surface area contributed by atoms with Crippen LogP contribution in [0, 0.1) is 6.92 Å². The standard InChI is InChI=1S/C15H22N2O/c1-12-6-8-13(9-7-12)15(18)17-10-4-3-5-14(17)11-16-2/h6-9,14,16H,3-5,10-11H2,1-2H3. The first-order chi connectivity index (χ1) is 8.72. The Balaban J connectivity index is 2.12. The lowest BCUT2D eigenvalue weighted by molar-refractivity contribution is 0.0615. The van der Waals surface area contributed by atoms with E-state index >= 15 is 0 Å². The highest BCUT2D eigenvalue weighted by Gasteiger charge is 2.26. The molecule has 0 saturated carbocycles. The van der Waals surface area contributed by atoms with Gasteiger partial charge in [0.15, 0.2) is 0 Å². The molecule has 0 radical (unpaired) electrons. The molecule has 1 amide bonds. The van der Waals surface area contributed by atoms with Crippen LogP contribution in [0.3, 0.4) is 0 Å². The molecule has 1 heterocycles. The molecule has 3 heteroatoms. The van der Waals surface area contributed by atoms with Crippen LogP contribution in [0.25, 0.3) is 0 Å². The summed E-state index contributed by atoms with van der Waals surface area (Å²) in [6, 6.07) is 8.22. The van der Waals surface area contributed by atoms with Crippen molar-refractivity contribution in [3.63, 3.8) is 0 Å². The van der Waals surface area contributed by atoms with Gasteiger partial charge in [0.05, 0.1) is 0 Å². The molecule has 1 atom stereocenters. The first-order valence-corrected chi connectivity index (χ1v) is 6.74. The molecule has 1 aliphatic rings. The van der Waals surface area contributed by atoms with Crippen LogP contribution < -0.4 is 5.32 Å². The zero-order chi connectivity index (χ0) is 13.0. The van der Waals surface area contributed by atoms with Gasteiger partial charge in [-0.15, -0.1) is 0 Å². The SMILES string of the molecule is CNCC1CCCCN1C(=O)c1ccc(C)cc1. The molecule has 1 fully saturated rings. The maximum atomic E-state index is 12.5. The van der Waals surface area contributed by atoms with E-state index < -0.39 is 0 Å². The number of benzene rings is 1. The summed E-state index contributed by atoms with van der Waals surface area (Å²) in [4.78, 5) is 14.5. The Hall–Kier alpha value is -1.35. The number of likely N-dealkylation sites (tertiary alicyclic amines) is 1. The van der Waals surface area contributed by atoms with Crippen molar-refractivity contribution >= 4 is 5.91 Å². The number of piperidine rings is 1. The van der Waals surface area contributed by atoms with Crippen molar-refractivity contribution in [2.45, 2.75) is 32.2 Å². The molecule has 2 rings (SSSR count). The van der Waals surface area contributed by atoms with E-state index in [-0.39, 0.29) is 5.91 Å². The minimum absolute atomic E-state index is 0.176. The van der Waals surface area contributed by atoms with Crippen molar-refractivity contribution in [1.82, 2.24) is 10.2 Å². The van der Waals surface area contributed by atoms with E-state index in [9.17, 15) is 4.79 Å². The Labute approximate surface area is 109 Å². The molecular weight excluding hydrogens is 224 g/mol. The molecule has 0 bridgehead atoms. The highest BCUT2D eigenvalue weighted by Crippen LogP contribution is 2.19. The highest BCUT2D eigenvalue weighted by molar-refractivity contribution is 5.94. The minimum atomic E-state index is 0.176. The first-order valence-electron chi connectivity index (χ1n) is 6.74. The van der Waals surface area contributed by atoms with Gasteiger partial charge in [0, 0.05) is 24.7 Å². The Morgan fingerprint density at radius 1 is 1.33 bits per heavy atom. The van der Waals surface area contributed by atoms with Gasteiger partial charge in [0.1, 0.15) is 0 Å². The molecule has 1 aromatic rings. The normalized spacial score (nSPS) is 19.9. The number of carbonyl (C=O) groups is 1. The van der Waals surface area contributed by atoms with E-state index in [4.69, 9.17) is 0 Å². The molecule has 1 unspecified atom stereocenters. The van der Waals surface area contributed by atoms with Gasteiger partial charge in [-0.1, -0.05) is 17.7 Å². The number of amides is 1. The molecule has 18 heavy (non-hydrogen) atoms. The van der Waals surface area contributed by atoms with E-state index in [1.54, 1.807) is 0 Å². The first kappa shape index (κ1) is 13.1. The van der Waals surface area contributed by atoms with E-state index in [1.807, 2.05) is 43.1 Å². The van der Waals surface area contributed by atoms with Crippen LogP contribution in [-0.2, 0) is 0 Å². The lowest BCUT2D eigenvalue weighted by atomic mass is 10.0. The fourth-order valence-corrected chi connectivity index (χ4v) is 2.58. The third-order valence-electron chi connectivity index (χ3n) is 3.63. The van der Waals surface area contributed by atoms with E-state index in [0.29, 0.717) is 6.04 Å². The summed E-state index contributed by atoms with van der Waals surface area (Å²) in [6.45, 7) is 3.82. The van der Waals surface area contributed by atoms with E-state index in [1.165, 1.54) is 12.0 Å². The van der Waals surface area contributed by atoms with Gasteiger partial charge in [-0.2, -0.15) is 0 Å². The van der Waals surface area contributed by atoms with Crippen molar-refractivity contribution in [2.75, 3.05) is 20.1 Å². The Kier molecular flexibility index (Phi) is 4.37. The second kappa shape index (κ2) is 6.01. The average Bonchev–Trinajstić information content (AvgIpc) is 2.40. The van der Waals surface area contributed by atoms with Crippen LogP contribution in [0.4, 0.5) is 0 Å². The number of rotatable bonds is 3. The monoisotopic (exact) mass is 246 g/mol. The van der Waals surface area contributed by atoms with E-state index in [0.717, 1.165) is 31.5 Å². The van der Waals surface area contributed by atoms with Gasteiger partial charge in [-0.05, 0) is 45.4 Å². The van der Waals surface area contributed by atoms with Gasteiger partial charge in [-0.3, -0.25) is 4.79 Å². The maximum absolute atomic E-state index is 12.5. The van der Waals surface area contributed by atoms with Gasteiger partial charge >= 0.3 is 0 Å². The van der Waals surface area contributed by atoms with Gasteiger partial charge in [0.25, 0.3) is 5.91 Å². The van der Waals surface area contributed by atoms with Crippen molar-refractivity contribution < 1.29 is 4.79 Å². The number of nitrogens with zero attached hydrogens (tertiary/aromatic N) is 1. The number of carbonyl (C=O) groups excluding carboxylic acids is 1. The molecule has 0 spiro atoms. The zero-order valence-electron chi connectivity index (χ0n) is 11.3. The molecule has 0 aromatic heterocycles. The molecule has 3 nitrogen and oxygen atoms in total. The van der Waals surface area contributed by atoms with Crippen molar-refractivity contribution in [1.29, 1.82) is 0 Å². The summed E-state index contributed by atoms with van der Waals surface area (Å²) >= 11 is 0. The van der Waals surface area contributed by atoms with Crippen molar-refractivity contribution in [3.8, 4) is 0 Å². The molecule has 1 aliphatic heterocycles. The number of aryl methyl sites for hydroxylation is 1. The summed E-state index contributed by atoms with van der Waals surface area (Å²) in [5.74, 6) is 0.176. The van der Waals surface area contributed by atoms with Crippen LogP contribution in [0.2, 0.25) is 0 Å². The Morgan fingerprint density at radius 2 is 2.06 bits per heavy atom. The zero-order valence-corrected chi connectivity index (χ0v) is 11.3. The molecule has 1 saturated heterocycles. The van der Waals surface area contributed by atoms with Gasteiger partial charge in [0.2, 0.25) is 0 Å². The third-order valence-corrected chi connectivity index (χ3v) is 3.63. The fourth-order valence-electron chi connectivity index (χ4n) is 2.58. The quantitative estimate of drug-likeness (QED) is 0.887. The topological polar surface area (TPSA) is 32.3 Å². The number of likely N-dealkylation sites (N-methyl/N-ethyl adjacent to an activating group) is 1. The molecular formula is C15H22N2O. The van der Waals surface area contributed by atoms with E-state index in [2.05, 4.69) is 5.32 Å². The van der Waals surface area contributed by atoms with Crippen molar-refractivity contribution in [3.05, 3.63) is 35.4 Å². The second-order valence-corrected chi connectivity index (χ2v) is 5.07. The lowest BCUT2D eigenvalue weighted by Gasteiger charge is -2.35. The lowest BCUT2D eigenvalue weighted by Crippen LogP contribution is -2.48. The molecule has 1 aromatic carbocycles. The highest BCUT2D eigenvalue weighted by atomic mass is 16.2. The predicted octanol–water partition coefficient (Wildman–Crippen LogP) is 2.21. The Morgan fingerprint density at radius 3 is 2.72 bits per heavy atom. The maximum Gasteiger partial charge on any atom is 0.254 e. The number of nitrogens with one attached hydrogen (secondary N) is 1. The summed E-state index contributed by atoms with van der Waals surface area (Å²) in [5.41, 5.74) is 2.00. The Bertz CT molecular complexity index is 397. The summed E-state index contributed by atoms with van der Waals surface area (Å²) in [6.07, 6.45) is 3.46. The summed E-state index contributed by atoms with van der Waals surface area (Å²) in [5, 5.41) is 3.19. The van der Waals surface area contributed by atoms with Crippen molar-refractivity contribution in [2.24, 2.45) is 0 Å². The fraction of sp³-hybridized carbons (Fsp3) is 0.533. The minimum Gasteiger partial charge on any atom is -0.334 e. The predicted molar refractivity (Wildman–Crippen MR) is 73.8 cm³/mol. The van der Waals surface area contributed by atoms with Crippen LogP contribution >= 0.6 is 0 Å². The van der Waals surface area contributed by atoms with Crippen LogP contribution in [0.15, 0.2) is 24.3 Å². The molecule has 0 aliphatic carbocycles. The van der Waals surface area contributed by atoms with Gasteiger partial charge in [-0.25, -0.2) is 0 Å². The largest absolute Gasteiger partial charge is 0.334 e. The number of hydrogen-bond acceptors (Lipinski definition) is 2. The summed E-state index contributed by atoms with van der Waals surface area (Å²) in [7, 11) is 1.95. The molecule has 1 N–H and O–H groups in total. The van der Waals surface area contributed by atoms with Crippen LogP contribution in [-0.4, -0.2) is 37.0 Å².